The molecule has 0 fully saturated rings. The molecule has 0 amide bonds. The van der Waals surface area contributed by atoms with Crippen LogP contribution in [0.4, 0.5) is 0 Å². The summed E-state index contributed by atoms with van der Waals surface area (Å²) in [5.41, 5.74) is 1.16. The lowest BCUT2D eigenvalue weighted by atomic mass is 9.85. The molecule has 3 N–H and O–H groups in total. The summed E-state index contributed by atoms with van der Waals surface area (Å²) in [5.74, 6) is 0.687. The molecule has 0 unspecified atom stereocenters. The number of halogens is 1. The van der Waals surface area contributed by atoms with E-state index in [0.29, 0.717) is 25.6 Å². The molecule has 0 aromatic heterocycles. The van der Waals surface area contributed by atoms with E-state index in [0.717, 1.165) is 12.8 Å². The van der Waals surface area contributed by atoms with Crippen LogP contribution < -0.4 is 15.4 Å². The van der Waals surface area contributed by atoms with Gasteiger partial charge in [0, 0.05) is 25.0 Å². The summed E-state index contributed by atoms with van der Waals surface area (Å²) >= 11 is 0. The van der Waals surface area contributed by atoms with Crippen LogP contribution in [0.25, 0.3) is 0 Å². The Hall–Kier alpha value is -0.870. The highest BCUT2D eigenvalue weighted by molar-refractivity contribution is 14.0. The van der Waals surface area contributed by atoms with Crippen molar-refractivity contribution in [2.45, 2.75) is 26.2 Å². The van der Waals surface area contributed by atoms with Crippen molar-refractivity contribution in [1.82, 2.24) is 15.4 Å². The summed E-state index contributed by atoms with van der Waals surface area (Å²) in [5, 5.41) is 6.30. The zero-order valence-electron chi connectivity index (χ0n) is 14.8. The van der Waals surface area contributed by atoms with Crippen molar-refractivity contribution in [2.75, 3.05) is 32.4 Å². The van der Waals surface area contributed by atoms with E-state index in [4.69, 9.17) is 0 Å². The highest BCUT2D eigenvalue weighted by atomic mass is 127. The Morgan fingerprint density at radius 2 is 1.75 bits per heavy atom. The van der Waals surface area contributed by atoms with Crippen LogP contribution in [0.2, 0.25) is 0 Å². The molecule has 0 aliphatic carbocycles. The summed E-state index contributed by atoms with van der Waals surface area (Å²) < 4.78 is 24.5. The Morgan fingerprint density at radius 3 is 2.29 bits per heavy atom. The third kappa shape index (κ3) is 9.43. The number of guanidine groups is 1. The predicted molar refractivity (Wildman–Crippen MR) is 112 cm³/mol. The van der Waals surface area contributed by atoms with Gasteiger partial charge >= 0.3 is 0 Å². The molecule has 1 rings (SSSR count). The van der Waals surface area contributed by atoms with E-state index in [1.807, 2.05) is 25.1 Å². The van der Waals surface area contributed by atoms with Gasteiger partial charge in [0.2, 0.25) is 10.0 Å². The van der Waals surface area contributed by atoms with Gasteiger partial charge in [-0.25, -0.2) is 13.1 Å². The van der Waals surface area contributed by atoms with Crippen LogP contribution in [0.15, 0.2) is 35.3 Å². The van der Waals surface area contributed by atoms with Crippen molar-refractivity contribution in [3.05, 3.63) is 35.9 Å². The molecule has 24 heavy (non-hydrogen) atoms. The minimum absolute atomic E-state index is 0. The molecule has 6 nitrogen and oxygen atoms in total. The van der Waals surface area contributed by atoms with Gasteiger partial charge in [-0.2, -0.15) is 0 Å². The molecule has 1 aromatic rings. The zero-order chi connectivity index (χ0) is 17.3. The third-order valence-electron chi connectivity index (χ3n) is 3.31. The van der Waals surface area contributed by atoms with E-state index in [9.17, 15) is 8.42 Å². The first-order valence-corrected chi connectivity index (χ1v) is 9.66. The fourth-order valence-corrected chi connectivity index (χ4v) is 2.49. The largest absolute Gasteiger partial charge is 0.357 e. The van der Waals surface area contributed by atoms with Crippen LogP contribution >= 0.6 is 24.0 Å². The highest BCUT2D eigenvalue weighted by Gasteiger charge is 2.19. The Kier molecular flexibility index (Phi) is 10.5. The third-order valence-corrected chi connectivity index (χ3v) is 4.04. The summed E-state index contributed by atoms with van der Waals surface area (Å²) in [7, 11) is -3.16. The van der Waals surface area contributed by atoms with Crippen molar-refractivity contribution in [3.63, 3.8) is 0 Å². The molecule has 0 aliphatic rings. The van der Waals surface area contributed by atoms with Gasteiger partial charge in [-0.15, -0.1) is 24.0 Å². The van der Waals surface area contributed by atoms with Gasteiger partial charge < -0.3 is 10.6 Å². The van der Waals surface area contributed by atoms with Gasteiger partial charge in [0.15, 0.2) is 5.96 Å². The van der Waals surface area contributed by atoms with Crippen molar-refractivity contribution in [3.8, 4) is 0 Å². The van der Waals surface area contributed by atoms with Crippen LogP contribution in [0.3, 0.4) is 0 Å². The van der Waals surface area contributed by atoms with Gasteiger partial charge in [-0.05, 0) is 12.5 Å². The maximum atomic E-state index is 11.0. The monoisotopic (exact) mass is 468 g/mol. The van der Waals surface area contributed by atoms with Gasteiger partial charge in [-0.1, -0.05) is 44.2 Å². The lowest BCUT2D eigenvalue weighted by Crippen LogP contribution is -2.42. The summed E-state index contributed by atoms with van der Waals surface area (Å²) in [6.45, 7) is 8.48. The van der Waals surface area contributed by atoms with E-state index in [1.54, 1.807) is 0 Å². The molecule has 138 valence electrons. The lowest BCUT2D eigenvalue weighted by molar-refractivity contribution is 0.537. The first-order valence-electron chi connectivity index (χ1n) is 7.77. The maximum Gasteiger partial charge on any atom is 0.208 e. The Balaban J connectivity index is 0.00000529. The highest BCUT2D eigenvalue weighted by Crippen LogP contribution is 2.22. The smallest absolute Gasteiger partial charge is 0.208 e. The number of nitrogens with one attached hydrogen (secondary N) is 3. The van der Waals surface area contributed by atoms with E-state index in [-0.39, 0.29) is 29.4 Å². The Morgan fingerprint density at radius 1 is 1.12 bits per heavy atom. The lowest BCUT2D eigenvalue weighted by Gasteiger charge is -2.24. The minimum Gasteiger partial charge on any atom is -0.357 e. The second-order valence-electron chi connectivity index (χ2n) is 6.04. The summed E-state index contributed by atoms with van der Waals surface area (Å²) in [6, 6.07) is 10.3. The number of nitrogens with zero attached hydrogens (tertiary/aromatic N) is 1. The van der Waals surface area contributed by atoms with E-state index < -0.39 is 10.0 Å². The number of aliphatic imine (C=N–C) groups is 1. The van der Waals surface area contributed by atoms with Gasteiger partial charge in [0.25, 0.3) is 0 Å². The standard InChI is InChI=1S/C16H28N4O2S.HI/c1-5-17-15(18-11-12-20-23(4,21)22)19-13-16(2,3)14-9-7-6-8-10-14;/h6-10,20H,5,11-13H2,1-4H3,(H2,17,18,19);1H. The molecule has 0 spiro atoms. The Labute approximate surface area is 163 Å². The van der Waals surface area contributed by atoms with Crippen LogP contribution in [0.1, 0.15) is 26.3 Å². The molecule has 0 bridgehead atoms. The van der Waals surface area contributed by atoms with Gasteiger partial charge in [0.1, 0.15) is 0 Å². The van der Waals surface area contributed by atoms with Gasteiger partial charge in [0.05, 0.1) is 12.8 Å². The molecule has 0 radical (unpaired) electrons. The summed E-state index contributed by atoms with van der Waals surface area (Å²) in [6.07, 6.45) is 1.15. The molecule has 0 aliphatic heterocycles. The molecule has 0 saturated carbocycles. The van der Waals surface area contributed by atoms with Crippen molar-refractivity contribution >= 4 is 40.0 Å². The number of hydrogen-bond acceptors (Lipinski definition) is 3. The topological polar surface area (TPSA) is 82.6 Å². The molecule has 0 saturated heterocycles. The number of sulfonamides is 1. The average molecular weight is 468 g/mol. The predicted octanol–water partition coefficient (Wildman–Crippen LogP) is 1.69. The fourth-order valence-electron chi connectivity index (χ4n) is 2.02. The first kappa shape index (κ1) is 23.1. The minimum atomic E-state index is -3.16. The molecule has 0 atom stereocenters. The van der Waals surface area contributed by atoms with E-state index in [1.165, 1.54) is 5.56 Å². The Bertz CT molecular complexity index is 604. The second-order valence-corrected chi connectivity index (χ2v) is 7.87. The van der Waals surface area contributed by atoms with Crippen molar-refractivity contribution in [2.24, 2.45) is 4.99 Å². The molecular weight excluding hydrogens is 439 g/mol. The fraction of sp³-hybridized carbons (Fsp3) is 0.562. The molecule has 1 aromatic carbocycles. The van der Waals surface area contributed by atoms with Crippen LogP contribution in [-0.4, -0.2) is 46.8 Å². The zero-order valence-corrected chi connectivity index (χ0v) is 17.9. The SMILES string of the molecule is CCNC(=NCC(C)(C)c1ccccc1)NCCNS(C)(=O)=O.I. The van der Waals surface area contributed by atoms with E-state index >= 15 is 0 Å². The number of rotatable bonds is 8. The average Bonchev–Trinajstić information content (AvgIpc) is 2.49. The first-order chi connectivity index (χ1) is 10.7. The normalized spacial score (nSPS) is 12.4. The molecular formula is C16H29IN4O2S. The van der Waals surface area contributed by atoms with Crippen LogP contribution in [0.5, 0.6) is 0 Å². The maximum absolute atomic E-state index is 11.0. The van der Waals surface area contributed by atoms with Crippen LogP contribution in [0, 0.1) is 0 Å². The molecule has 0 heterocycles. The quantitative estimate of drug-likeness (QED) is 0.235. The van der Waals surface area contributed by atoms with Crippen molar-refractivity contribution in [1.29, 1.82) is 0 Å². The van der Waals surface area contributed by atoms with Crippen molar-refractivity contribution < 1.29 is 8.42 Å². The van der Waals surface area contributed by atoms with E-state index in [2.05, 4.69) is 46.3 Å². The number of hydrogen-bond donors (Lipinski definition) is 3. The second kappa shape index (κ2) is 10.9. The van der Waals surface area contributed by atoms with Gasteiger partial charge in [-0.3, -0.25) is 4.99 Å². The molecule has 8 heteroatoms. The van der Waals surface area contributed by atoms with Crippen LogP contribution in [-0.2, 0) is 15.4 Å². The summed E-state index contributed by atoms with van der Waals surface area (Å²) in [4.78, 5) is 4.61. The number of benzene rings is 1.